The minimum Gasteiger partial charge on any atom is -0.480 e. The Morgan fingerprint density at radius 2 is 1.13 bits per heavy atom. The zero-order chi connectivity index (χ0) is 35.0. The zero-order valence-corrected chi connectivity index (χ0v) is 28.3. The molecule has 0 aromatic heterocycles. The van der Waals surface area contributed by atoms with E-state index in [9.17, 15) is 44.1 Å². The summed E-state index contributed by atoms with van der Waals surface area (Å²) in [7, 11) is 0. The van der Waals surface area contributed by atoms with E-state index in [-0.39, 0.29) is 96.1 Å². The Morgan fingerprint density at radius 3 is 1.55 bits per heavy atom. The first-order valence-corrected chi connectivity index (χ1v) is 17.4. The summed E-state index contributed by atoms with van der Waals surface area (Å²) in [4.78, 5) is 79.2. The van der Waals surface area contributed by atoms with Crippen LogP contribution in [0.5, 0.6) is 0 Å². The molecule has 1 atom stereocenters. The summed E-state index contributed by atoms with van der Waals surface area (Å²) in [6.45, 7) is 2.36. The van der Waals surface area contributed by atoms with Crippen LogP contribution in [0.25, 0.3) is 0 Å². The van der Waals surface area contributed by atoms with Crippen LogP contribution in [0.2, 0.25) is 0 Å². The lowest BCUT2D eigenvalue weighted by Gasteiger charge is -2.32. The van der Waals surface area contributed by atoms with E-state index in [2.05, 4.69) is 16.0 Å². The van der Waals surface area contributed by atoms with Crippen molar-refractivity contribution in [2.45, 2.75) is 38.1 Å². The molecule has 0 unspecified atom stereocenters. The van der Waals surface area contributed by atoms with E-state index in [1.807, 2.05) is 6.26 Å². The van der Waals surface area contributed by atoms with Crippen molar-refractivity contribution < 1.29 is 44.1 Å². The molecule has 0 saturated carbocycles. The number of carboxylic acid groups (broad SMARTS) is 3. The number of thioether (sulfide) groups is 1. The van der Waals surface area contributed by atoms with Gasteiger partial charge in [-0.3, -0.25) is 48.4 Å². The molecular weight excluding hydrogens is 636 g/mol. The highest BCUT2D eigenvalue weighted by Gasteiger charge is 2.22. The standard InChI is InChI=1S/C29H54N8O9S/c1-47-18-3-2-8-32-29(46)23(5-4-7-30)33-24(38)6-9-31-25(39)19-34-10-12-35(20-26(40)41)14-16-37(22-28(44)45)17-15-36(13-11-34)21-27(42)43/h23H,2-22,30H2,1H3,(H,31,39)(H,32,46)(H,33,38)(H,40,41)(H,42,43)(H,44,45)/t23-/m1/s1. The van der Waals surface area contributed by atoms with Gasteiger partial charge in [-0.05, 0) is 44.2 Å². The molecule has 0 aromatic carbocycles. The van der Waals surface area contributed by atoms with Gasteiger partial charge in [0, 0.05) is 71.9 Å². The number of nitrogens with one attached hydrogen (secondary N) is 3. The van der Waals surface area contributed by atoms with Gasteiger partial charge in [-0.1, -0.05) is 0 Å². The van der Waals surface area contributed by atoms with Gasteiger partial charge < -0.3 is 37.0 Å². The van der Waals surface area contributed by atoms with Crippen LogP contribution in [0.4, 0.5) is 0 Å². The van der Waals surface area contributed by atoms with Gasteiger partial charge in [0.2, 0.25) is 17.7 Å². The molecule has 17 nitrogen and oxygen atoms in total. The Balaban J connectivity index is 2.75. The van der Waals surface area contributed by atoms with Crippen LogP contribution in [0, 0.1) is 0 Å². The van der Waals surface area contributed by atoms with Crippen LogP contribution in [-0.4, -0.2) is 187 Å². The van der Waals surface area contributed by atoms with E-state index in [0.29, 0.717) is 39.0 Å². The van der Waals surface area contributed by atoms with Gasteiger partial charge in [-0.25, -0.2) is 0 Å². The molecule has 1 heterocycles. The van der Waals surface area contributed by atoms with Crippen LogP contribution >= 0.6 is 11.8 Å². The smallest absolute Gasteiger partial charge is 0.317 e. The number of amides is 3. The lowest BCUT2D eigenvalue weighted by Crippen LogP contribution is -2.50. The summed E-state index contributed by atoms with van der Waals surface area (Å²) < 4.78 is 0. The van der Waals surface area contributed by atoms with Crippen molar-refractivity contribution in [3.8, 4) is 0 Å². The highest BCUT2D eigenvalue weighted by molar-refractivity contribution is 7.98. The summed E-state index contributed by atoms with van der Waals surface area (Å²) in [5.41, 5.74) is 5.60. The van der Waals surface area contributed by atoms with Crippen LogP contribution in [0.15, 0.2) is 0 Å². The van der Waals surface area contributed by atoms with Crippen molar-refractivity contribution >= 4 is 47.4 Å². The molecule has 1 fully saturated rings. The molecule has 0 aliphatic carbocycles. The zero-order valence-electron chi connectivity index (χ0n) is 27.5. The molecule has 0 spiro atoms. The number of hydrogen-bond donors (Lipinski definition) is 7. The average Bonchev–Trinajstić information content (AvgIpc) is 2.99. The predicted octanol–water partition coefficient (Wildman–Crippen LogP) is -2.55. The molecule has 1 saturated heterocycles. The third-order valence-electron chi connectivity index (χ3n) is 7.47. The van der Waals surface area contributed by atoms with E-state index < -0.39 is 23.9 Å². The Labute approximate surface area is 280 Å². The summed E-state index contributed by atoms with van der Waals surface area (Å²) in [5, 5.41) is 36.4. The van der Waals surface area contributed by atoms with Crippen molar-refractivity contribution in [1.82, 2.24) is 35.6 Å². The molecule has 8 N–H and O–H groups in total. The second-order valence-electron chi connectivity index (χ2n) is 11.4. The third kappa shape index (κ3) is 21.5. The van der Waals surface area contributed by atoms with E-state index in [4.69, 9.17) is 5.73 Å². The monoisotopic (exact) mass is 690 g/mol. The number of carboxylic acids is 3. The van der Waals surface area contributed by atoms with Crippen molar-refractivity contribution in [2.24, 2.45) is 5.73 Å². The van der Waals surface area contributed by atoms with E-state index in [0.717, 1.165) is 18.6 Å². The summed E-state index contributed by atoms with van der Waals surface area (Å²) in [6.07, 6.45) is 4.76. The number of nitrogens with two attached hydrogens (primary N) is 1. The number of unbranched alkanes of at least 4 members (excludes halogenated alkanes) is 1. The van der Waals surface area contributed by atoms with Crippen LogP contribution in [-0.2, 0) is 28.8 Å². The fraction of sp³-hybridized carbons (Fsp3) is 0.793. The summed E-state index contributed by atoms with van der Waals surface area (Å²) >= 11 is 1.74. The van der Waals surface area contributed by atoms with Gasteiger partial charge in [-0.15, -0.1) is 0 Å². The minimum absolute atomic E-state index is 0.0358. The number of carbonyl (C=O) groups is 6. The third-order valence-corrected chi connectivity index (χ3v) is 8.17. The fourth-order valence-corrected chi connectivity index (χ4v) is 5.42. The Hall–Kier alpha value is -3.03. The van der Waals surface area contributed by atoms with Crippen molar-refractivity contribution in [1.29, 1.82) is 0 Å². The Kier molecular flexibility index (Phi) is 22.4. The molecule has 0 bridgehead atoms. The lowest BCUT2D eigenvalue weighted by atomic mass is 10.1. The Morgan fingerprint density at radius 1 is 0.660 bits per heavy atom. The highest BCUT2D eigenvalue weighted by atomic mass is 32.2. The fourth-order valence-electron chi connectivity index (χ4n) is 4.92. The van der Waals surface area contributed by atoms with Crippen LogP contribution in [0.3, 0.4) is 0 Å². The molecule has 0 aromatic rings. The molecular formula is C29H54N8O9S. The van der Waals surface area contributed by atoms with E-state index in [1.165, 1.54) is 0 Å². The van der Waals surface area contributed by atoms with E-state index >= 15 is 0 Å². The molecule has 3 amide bonds. The topological polar surface area (TPSA) is 238 Å². The first-order valence-electron chi connectivity index (χ1n) is 16.0. The van der Waals surface area contributed by atoms with Gasteiger partial charge in [0.25, 0.3) is 0 Å². The Bertz CT molecular complexity index is 961. The summed E-state index contributed by atoms with van der Waals surface area (Å²) in [5.74, 6) is -3.12. The molecule has 270 valence electrons. The second kappa shape index (κ2) is 25.0. The van der Waals surface area contributed by atoms with Gasteiger partial charge in [0.1, 0.15) is 6.04 Å². The minimum atomic E-state index is -1.04. The van der Waals surface area contributed by atoms with Gasteiger partial charge in [-0.2, -0.15) is 11.8 Å². The SMILES string of the molecule is CSCCCCNC(=O)[C@@H](CCCN)NC(=O)CCNC(=O)CN1CCN(CC(=O)O)CCN(CC(=O)O)CCN(CC(=O)O)CC1. The maximum Gasteiger partial charge on any atom is 0.317 e. The first-order chi connectivity index (χ1) is 22.4. The average molecular weight is 691 g/mol. The molecule has 1 rings (SSSR count). The number of aliphatic carboxylic acids is 3. The van der Waals surface area contributed by atoms with Crippen molar-refractivity contribution in [3.05, 3.63) is 0 Å². The first kappa shape index (κ1) is 42.0. The number of rotatable bonds is 21. The normalized spacial score (nSPS) is 16.7. The maximum atomic E-state index is 12.9. The predicted molar refractivity (Wildman–Crippen MR) is 177 cm³/mol. The molecule has 1 aliphatic heterocycles. The number of carbonyl (C=O) groups excluding carboxylic acids is 3. The largest absolute Gasteiger partial charge is 0.480 e. The molecule has 18 heteroatoms. The summed E-state index contributed by atoms with van der Waals surface area (Å²) in [6, 6.07) is -0.719. The van der Waals surface area contributed by atoms with Gasteiger partial charge in [0.15, 0.2) is 0 Å². The number of nitrogens with zero attached hydrogens (tertiary/aromatic N) is 4. The van der Waals surface area contributed by atoms with Gasteiger partial charge >= 0.3 is 17.9 Å². The van der Waals surface area contributed by atoms with E-state index in [1.54, 1.807) is 31.4 Å². The maximum absolute atomic E-state index is 12.9. The van der Waals surface area contributed by atoms with Crippen molar-refractivity contribution in [2.75, 3.05) is 110 Å². The van der Waals surface area contributed by atoms with Crippen molar-refractivity contribution in [3.63, 3.8) is 0 Å². The molecule has 1 aliphatic rings. The quantitative estimate of drug-likeness (QED) is 0.0614. The van der Waals surface area contributed by atoms with Crippen LogP contribution < -0.4 is 21.7 Å². The molecule has 47 heavy (non-hydrogen) atoms. The van der Waals surface area contributed by atoms with Gasteiger partial charge in [0.05, 0.1) is 26.2 Å². The van der Waals surface area contributed by atoms with Crippen LogP contribution in [0.1, 0.15) is 32.1 Å². The highest BCUT2D eigenvalue weighted by Crippen LogP contribution is 2.03. The lowest BCUT2D eigenvalue weighted by molar-refractivity contribution is -0.140. The molecule has 0 radical (unpaired) electrons. The second-order valence-corrected chi connectivity index (χ2v) is 12.4. The number of hydrogen-bond acceptors (Lipinski definition) is 12.